The zero-order chi connectivity index (χ0) is 33.9. The number of nitriles is 1. The van der Waals surface area contributed by atoms with Gasteiger partial charge < -0.3 is 14.4 Å². The number of amides is 1. The van der Waals surface area contributed by atoms with Gasteiger partial charge in [-0.3, -0.25) is 14.2 Å². The average molecular weight is 677 g/mol. The Bertz CT molecular complexity index is 2300. The van der Waals surface area contributed by atoms with Crippen molar-refractivity contribution in [2.24, 2.45) is 4.99 Å². The van der Waals surface area contributed by atoms with Crippen molar-refractivity contribution in [1.29, 1.82) is 5.26 Å². The molecule has 2 heterocycles. The highest BCUT2D eigenvalue weighted by Gasteiger charge is 2.36. The van der Waals surface area contributed by atoms with Crippen molar-refractivity contribution in [2.75, 3.05) is 20.2 Å². The third-order valence-corrected chi connectivity index (χ3v) is 9.68. The van der Waals surface area contributed by atoms with Gasteiger partial charge in [-0.15, -0.1) is 0 Å². The summed E-state index contributed by atoms with van der Waals surface area (Å²) in [4.78, 5) is 35.8. The van der Waals surface area contributed by atoms with E-state index in [1.807, 2.05) is 69.3 Å². The third kappa shape index (κ3) is 6.13. The molecule has 1 aliphatic rings. The zero-order valence-corrected chi connectivity index (χ0v) is 28.6. The van der Waals surface area contributed by atoms with Gasteiger partial charge in [0.25, 0.3) is 11.5 Å². The van der Waals surface area contributed by atoms with E-state index in [-0.39, 0.29) is 18.1 Å². The van der Waals surface area contributed by atoms with Gasteiger partial charge in [0.15, 0.2) is 4.80 Å². The number of methoxy groups -OCH3 is 1. The molecule has 1 atom stereocenters. The topological polar surface area (TPSA) is 96.9 Å². The summed E-state index contributed by atoms with van der Waals surface area (Å²) in [5.74, 6) is 0.931. The van der Waals surface area contributed by atoms with Crippen LogP contribution in [0.3, 0.4) is 0 Å². The average Bonchev–Trinajstić information content (AvgIpc) is 3.41. The summed E-state index contributed by atoms with van der Waals surface area (Å²) >= 11 is 7.67. The molecule has 5 aromatic rings. The van der Waals surface area contributed by atoms with E-state index in [0.717, 1.165) is 21.9 Å². The maximum absolute atomic E-state index is 14.6. The summed E-state index contributed by atoms with van der Waals surface area (Å²) in [6.07, 6.45) is 1.76. The number of carbonyl (C=O) groups excluding carboxylic acids is 1. The maximum atomic E-state index is 14.6. The van der Waals surface area contributed by atoms with Crippen molar-refractivity contribution in [3.8, 4) is 17.6 Å². The van der Waals surface area contributed by atoms with Crippen LogP contribution in [0, 0.1) is 11.3 Å². The molecule has 6 rings (SSSR count). The molecule has 48 heavy (non-hydrogen) atoms. The summed E-state index contributed by atoms with van der Waals surface area (Å²) < 4.78 is 14.1. The van der Waals surface area contributed by atoms with Crippen molar-refractivity contribution < 1.29 is 14.3 Å². The van der Waals surface area contributed by atoms with Gasteiger partial charge >= 0.3 is 0 Å². The first kappa shape index (κ1) is 32.8. The summed E-state index contributed by atoms with van der Waals surface area (Å²) in [6, 6.07) is 25.5. The molecule has 0 saturated carbocycles. The predicted molar refractivity (Wildman–Crippen MR) is 189 cm³/mol. The molecule has 0 aliphatic carbocycles. The van der Waals surface area contributed by atoms with Gasteiger partial charge in [-0.25, -0.2) is 4.99 Å². The fraction of sp³-hybridized carbons (Fsp3) is 0.211. The fourth-order valence-corrected chi connectivity index (χ4v) is 7.24. The van der Waals surface area contributed by atoms with Gasteiger partial charge in [0, 0.05) is 29.2 Å². The highest BCUT2D eigenvalue weighted by atomic mass is 35.5. The molecule has 0 saturated heterocycles. The Balaban J connectivity index is 1.54. The number of carbonyl (C=O) groups is 1. The molecule has 0 spiro atoms. The lowest BCUT2D eigenvalue weighted by Crippen LogP contribution is -2.43. The van der Waals surface area contributed by atoms with E-state index in [1.165, 1.54) is 11.3 Å². The molecule has 0 unspecified atom stereocenters. The van der Waals surface area contributed by atoms with Crippen LogP contribution >= 0.6 is 22.9 Å². The normalized spacial score (nSPS) is 14.3. The van der Waals surface area contributed by atoms with Crippen LogP contribution in [0.25, 0.3) is 16.8 Å². The van der Waals surface area contributed by atoms with Crippen LogP contribution in [0.1, 0.15) is 49.1 Å². The second kappa shape index (κ2) is 13.9. The number of allylic oxidation sites excluding steroid dienone is 1. The van der Waals surface area contributed by atoms with E-state index >= 15 is 0 Å². The molecule has 8 nitrogen and oxygen atoms in total. The molecular formula is C38H33ClN4O4S. The Morgan fingerprint density at radius 3 is 2.50 bits per heavy atom. The van der Waals surface area contributed by atoms with Crippen molar-refractivity contribution >= 4 is 45.7 Å². The second-order valence-electron chi connectivity index (χ2n) is 11.2. The maximum Gasteiger partial charge on any atom is 0.271 e. The first-order valence-corrected chi connectivity index (χ1v) is 16.8. The third-order valence-electron chi connectivity index (χ3n) is 8.46. The number of aromatic nitrogens is 1. The zero-order valence-electron chi connectivity index (χ0n) is 27.0. The Hall–Kier alpha value is -5.17. The molecule has 0 fully saturated rings. The molecule has 0 N–H and O–H groups in total. The summed E-state index contributed by atoms with van der Waals surface area (Å²) in [5.41, 5.74) is 3.49. The number of benzene rings is 4. The standard InChI is InChI=1S/C38H33ClN4O4S/c1-5-42(6-2)37(45)33-23(3)41-38-43(35(33)34-29-10-8-7-9-26(29)15-17-31(34)46-4)36(44)32(48-38)20-27-19-28(39)16-18-30(27)47-22-25-13-11-24(21-40)12-14-25/h7-20,35H,5-6,22H2,1-4H3/b32-20+/t35-/m0/s1. The molecular weight excluding hydrogens is 644 g/mol. The Labute approximate surface area is 287 Å². The van der Waals surface area contributed by atoms with Crippen molar-refractivity contribution in [2.45, 2.75) is 33.4 Å². The predicted octanol–water partition coefficient (Wildman–Crippen LogP) is 6.37. The number of thiazole rings is 1. The Morgan fingerprint density at radius 1 is 1.06 bits per heavy atom. The second-order valence-corrected chi connectivity index (χ2v) is 12.7. The lowest BCUT2D eigenvalue weighted by atomic mass is 9.90. The molecule has 1 amide bonds. The number of nitrogens with zero attached hydrogens (tertiary/aromatic N) is 4. The molecule has 4 aromatic carbocycles. The monoisotopic (exact) mass is 676 g/mol. The molecule has 10 heteroatoms. The number of rotatable bonds is 9. The van der Waals surface area contributed by atoms with E-state index in [9.17, 15) is 9.59 Å². The van der Waals surface area contributed by atoms with Crippen LogP contribution < -0.4 is 24.4 Å². The van der Waals surface area contributed by atoms with E-state index in [0.29, 0.717) is 61.3 Å². The number of likely N-dealkylation sites (N-methyl/N-ethyl adjacent to an activating group) is 1. The van der Waals surface area contributed by atoms with Crippen molar-refractivity contribution in [1.82, 2.24) is 9.47 Å². The van der Waals surface area contributed by atoms with E-state index < -0.39 is 6.04 Å². The summed E-state index contributed by atoms with van der Waals surface area (Å²) in [6.45, 7) is 6.97. The fourth-order valence-electron chi connectivity index (χ4n) is 6.03. The Morgan fingerprint density at radius 2 is 1.79 bits per heavy atom. The molecule has 1 aliphatic heterocycles. The van der Waals surface area contributed by atoms with Gasteiger partial charge in [-0.2, -0.15) is 5.26 Å². The number of fused-ring (bicyclic) bond motifs is 2. The molecule has 0 radical (unpaired) electrons. The van der Waals surface area contributed by atoms with Crippen LogP contribution in [-0.4, -0.2) is 35.6 Å². The Kier molecular flexibility index (Phi) is 9.49. The molecule has 1 aromatic heterocycles. The van der Waals surface area contributed by atoms with Gasteiger partial charge in [-0.05, 0) is 79.6 Å². The van der Waals surface area contributed by atoms with Gasteiger partial charge in [-0.1, -0.05) is 65.4 Å². The lowest BCUT2D eigenvalue weighted by Gasteiger charge is -2.30. The smallest absolute Gasteiger partial charge is 0.271 e. The van der Waals surface area contributed by atoms with E-state index in [1.54, 1.807) is 53.0 Å². The largest absolute Gasteiger partial charge is 0.496 e. The summed E-state index contributed by atoms with van der Waals surface area (Å²) in [7, 11) is 1.60. The lowest BCUT2D eigenvalue weighted by molar-refractivity contribution is -0.127. The van der Waals surface area contributed by atoms with Crippen LogP contribution in [0.2, 0.25) is 5.02 Å². The van der Waals surface area contributed by atoms with E-state index in [2.05, 4.69) is 6.07 Å². The quantitative estimate of drug-likeness (QED) is 0.181. The van der Waals surface area contributed by atoms with Crippen LogP contribution in [-0.2, 0) is 11.4 Å². The minimum atomic E-state index is -0.788. The molecule has 0 bridgehead atoms. The first-order valence-electron chi connectivity index (χ1n) is 15.6. The van der Waals surface area contributed by atoms with Crippen molar-refractivity contribution in [3.63, 3.8) is 0 Å². The van der Waals surface area contributed by atoms with Crippen LogP contribution in [0.4, 0.5) is 0 Å². The van der Waals surface area contributed by atoms with Gasteiger partial charge in [0.1, 0.15) is 24.1 Å². The SMILES string of the molecule is CCN(CC)C(=O)C1=C(C)N=c2s/c(=C/c3cc(Cl)ccc3OCc3ccc(C#N)cc3)c(=O)n2[C@@H]1c1c(OC)ccc2ccccc12. The number of hydrogen-bond donors (Lipinski definition) is 0. The van der Waals surface area contributed by atoms with Crippen LogP contribution in [0.15, 0.2) is 99.9 Å². The van der Waals surface area contributed by atoms with Crippen molar-refractivity contribution in [3.05, 3.63) is 137 Å². The number of ether oxygens (including phenoxy) is 2. The number of hydrogen-bond acceptors (Lipinski definition) is 7. The first-order chi connectivity index (χ1) is 23.3. The van der Waals surface area contributed by atoms with Gasteiger partial charge in [0.2, 0.25) is 0 Å². The van der Waals surface area contributed by atoms with Gasteiger partial charge in [0.05, 0.1) is 34.5 Å². The number of halogens is 1. The minimum absolute atomic E-state index is 0.177. The summed E-state index contributed by atoms with van der Waals surface area (Å²) in [5, 5.41) is 11.4. The minimum Gasteiger partial charge on any atom is -0.496 e. The molecule has 242 valence electrons. The van der Waals surface area contributed by atoms with Crippen LogP contribution in [0.5, 0.6) is 11.5 Å². The highest BCUT2D eigenvalue weighted by Crippen LogP contribution is 2.40. The van der Waals surface area contributed by atoms with E-state index in [4.69, 9.17) is 31.3 Å². The highest BCUT2D eigenvalue weighted by molar-refractivity contribution is 7.07.